The first kappa shape index (κ1) is 15.3. The Bertz CT molecular complexity index is 375. The van der Waals surface area contributed by atoms with Crippen molar-refractivity contribution in [2.24, 2.45) is 0 Å². The van der Waals surface area contributed by atoms with Crippen LogP contribution in [0.1, 0.15) is 20.3 Å². The van der Waals surface area contributed by atoms with E-state index in [1.165, 1.54) is 0 Å². The largest absolute Gasteiger partial charge is 0.342 e. The van der Waals surface area contributed by atoms with Crippen LogP contribution in [0.4, 0.5) is 0 Å². The fourth-order valence-electron chi connectivity index (χ4n) is 2.99. The molecule has 2 aliphatic heterocycles. The molecule has 0 saturated carbocycles. The fourth-order valence-corrected chi connectivity index (χ4v) is 2.99. The predicted octanol–water partition coefficient (Wildman–Crippen LogP) is -0.639. The Morgan fingerprint density at radius 3 is 2.70 bits per heavy atom. The van der Waals surface area contributed by atoms with Gasteiger partial charge in [0.1, 0.15) is 5.54 Å². The Kier molecular flexibility index (Phi) is 4.65. The molecule has 0 bridgehead atoms. The molecule has 0 atom stereocenters. The summed E-state index contributed by atoms with van der Waals surface area (Å²) in [5.41, 5.74) is -0.728. The average Bonchev–Trinajstić information content (AvgIpc) is 2.64. The topological polar surface area (TPSA) is 55.9 Å². The quantitative estimate of drug-likeness (QED) is 0.732. The Hall–Kier alpha value is -1.14. The summed E-state index contributed by atoms with van der Waals surface area (Å²) in [4.78, 5) is 30.4. The first-order valence-corrected chi connectivity index (χ1v) is 7.42. The van der Waals surface area contributed by atoms with Gasteiger partial charge in [0.15, 0.2) is 0 Å². The van der Waals surface area contributed by atoms with Crippen molar-refractivity contribution in [3.05, 3.63) is 0 Å². The maximum absolute atomic E-state index is 12.5. The molecule has 6 heteroatoms. The van der Waals surface area contributed by atoms with E-state index in [4.69, 9.17) is 0 Å². The van der Waals surface area contributed by atoms with Gasteiger partial charge in [-0.25, -0.2) is 0 Å². The maximum Gasteiger partial charge on any atom is 0.247 e. The van der Waals surface area contributed by atoms with Crippen LogP contribution in [0.25, 0.3) is 0 Å². The van der Waals surface area contributed by atoms with Crippen LogP contribution in [-0.4, -0.2) is 84.9 Å². The van der Waals surface area contributed by atoms with Crippen molar-refractivity contribution in [3.63, 3.8) is 0 Å². The standard InChI is InChI=1S/C14H26N4O2/c1-14(2)13(20)16(3)9-10-18(14)12(19)11-17-7-4-5-15-6-8-17/h15H,4-11H2,1-3H3. The van der Waals surface area contributed by atoms with Crippen molar-refractivity contribution in [1.82, 2.24) is 20.0 Å². The third kappa shape index (κ3) is 3.12. The number of hydrogen-bond acceptors (Lipinski definition) is 4. The molecular weight excluding hydrogens is 256 g/mol. The Balaban J connectivity index is 1.99. The van der Waals surface area contributed by atoms with Crippen LogP contribution in [0.3, 0.4) is 0 Å². The second-order valence-corrected chi connectivity index (χ2v) is 6.21. The van der Waals surface area contributed by atoms with Gasteiger partial charge in [0, 0.05) is 33.2 Å². The van der Waals surface area contributed by atoms with Gasteiger partial charge in [-0.1, -0.05) is 0 Å². The highest BCUT2D eigenvalue weighted by Crippen LogP contribution is 2.22. The summed E-state index contributed by atoms with van der Waals surface area (Å²) in [5, 5.41) is 3.33. The lowest BCUT2D eigenvalue weighted by Crippen LogP contribution is -2.64. The van der Waals surface area contributed by atoms with Gasteiger partial charge in [-0.3, -0.25) is 14.5 Å². The Morgan fingerprint density at radius 1 is 1.20 bits per heavy atom. The van der Waals surface area contributed by atoms with E-state index in [0.717, 1.165) is 32.6 Å². The van der Waals surface area contributed by atoms with Gasteiger partial charge in [-0.2, -0.15) is 0 Å². The number of nitrogens with one attached hydrogen (secondary N) is 1. The van der Waals surface area contributed by atoms with Crippen molar-refractivity contribution >= 4 is 11.8 Å². The van der Waals surface area contributed by atoms with Crippen LogP contribution < -0.4 is 5.32 Å². The second kappa shape index (κ2) is 6.10. The first-order chi connectivity index (χ1) is 9.43. The minimum absolute atomic E-state index is 0.0228. The molecule has 0 aromatic heterocycles. The van der Waals surface area contributed by atoms with E-state index in [-0.39, 0.29) is 11.8 Å². The van der Waals surface area contributed by atoms with E-state index >= 15 is 0 Å². The summed E-state index contributed by atoms with van der Waals surface area (Å²) in [6.07, 6.45) is 1.07. The molecule has 0 aromatic carbocycles. The van der Waals surface area contributed by atoms with Gasteiger partial charge in [-0.05, 0) is 33.4 Å². The molecule has 1 N–H and O–H groups in total. The van der Waals surface area contributed by atoms with Gasteiger partial charge in [0.25, 0.3) is 0 Å². The zero-order valence-corrected chi connectivity index (χ0v) is 12.8. The van der Waals surface area contributed by atoms with Gasteiger partial charge >= 0.3 is 0 Å². The molecule has 2 heterocycles. The molecule has 2 aliphatic rings. The molecule has 0 unspecified atom stereocenters. The van der Waals surface area contributed by atoms with Crippen molar-refractivity contribution < 1.29 is 9.59 Å². The lowest BCUT2D eigenvalue weighted by molar-refractivity contribution is -0.157. The highest BCUT2D eigenvalue weighted by Gasteiger charge is 2.42. The number of likely N-dealkylation sites (N-methyl/N-ethyl adjacent to an activating group) is 1. The van der Waals surface area contributed by atoms with Crippen LogP contribution in [0.2, 0.25) is 0 Å². The van der Waals surface area contributed by atoms with E-state index in [1.807, 2.05) is 13.8 Å². The summed E-state index contributed by atoms with van der Waals surface area (Å²) in [6, 6.07) is 0. The number of piperazine rings is 1. The highest BCUT2D eigenvalue weighted by molar-refractivity contribution is 5.92. The lowest BCUT2D eigenvalue weighted by Gasteiger charge is -2.45. The van der Waals surface area contributed by atoms with Gasteiger partial charge in [-0.15, -0.1) is 0 Å². The Morgan fingerprint density at radius 2 is 1.95 bits per heavy atom. The third-order valence-electron chi connectivity index (χ3n) is 4.30. The number of carbonyl (C=O) groups is 2. The van der Waals surface area contributed by atoms with E-state index in [1.54, 1.807) is 16.8 Å². The number of hydrogen-bond donors (Lipinski definition) is 1. The van der Waals surface area contributed by atoms with E-state index in [0.29, 0.717) is 19.6 Å². The molecule has 0 aliphatic carbocycles. The minimum Gasteiger partial charge on any atom is -0.342 e. The minimum atomic E-state index is -0.728. The molecule has 0 aromatic rings. The van der Waals surface area contributed by atoms with Crippen molar-refractivity contribution in [2.75, 3.05) is 52.9 Å². The maximum atomic E-state index is 12.5. The zero-order valence-electron chi connectivity index (χ0n) is 12.8. The van der Waals surface area contributed by atoms with Crippen molar-refractivity contribution in [1.29, 1.82) is 0 Å². The summed E-state index contributed by atoms with van der Waals surface area (Å²) < 4.78 is 0. The molecule has 2 rings (SSSR count). The fraction of sp³-hybridized carbons (Fsp3) is 0.857. The lowest BCUT2D eigenvalue weighted by atomic mass is 9.97. The normalized spacial score (nSPS) is 24.6. The molecule has 2 fully saturated rings. The van der Waals surface area contributed by atoms with Crippen LogP contribution in [0, 0.1) is 0 Å². The van der Waals surface area contributed by atoms with Crippen molar-refractivity contribution in [2.45, 2.75) is 25.8 Å². The number of rotatable bonds is 2. The molecule has 0 spiro atoms. The summed E-state index contributed by atoms with van der Waals surface area (Å²) in [5.74, 6) is 0.0907. The molecular formula is C14H26N4O2. The Labute approximate surface area is 121 Å². The smallest absolute Gasteiger partial charge is 0.247 e. The predicted molar refractivity (Wildman–Crippen MR) is 77.4 cm³/mol. The number of amides is 2. The van der Waals surface area contributed by atoms with E-state index in [9.17, 15) is 9.59 Å². The SMILES string of the molecule is CN1CCN(C(=O)CN2CCCNCC2)C(C)(C)C1=O. The monoisotopic (exact) mass is 282 g/mol. The summed E-state index contributed by atoms with van der Waals surface area (Å²) in [6.45, 7) is 9.13. The van der Waals surface area contributed by atoms with E-state index < -0.39 is 5.54 Å². The number of carbonyl (C=O) groups excluding carboxylic acids is 2. The van der Waals surface area contributed by atoms with Crippen LogP contribution in [0.5, 0.6) is 0 Å². The summed E-state index contributed by atoms with van der Waals surface area (Å²) in [7, 11) is 1.80. The van der Waals surface area contributed by atoms with Gasteiger partial charge in [0.05, 0.1) is 6.54 Å². The molecule has 114 valence electrons. The third-order valence-corrected chi connectivity index (χ3v) is 4.30. The second-order valence-electron chi connectivity index (χ2n) is 6.21. The zero-order chi connectivity index (χ0) is 14.8. The molecule has 2 amide bonds. The van der Waals surface area contributed by atoms with Gasteiger partial charge < -0.3 is 15.1 Å². The molecule has 2 saturated heterocycles. The van der Waals surface area contributed by atoms with Crippen LogP contribution >= 0.6 is 0 Å². The van der Waals surface area contributed by atoms with Crippen LogP contribution in [-0.2, 0) is 9.59 Å². The van der Waals surface area contributed by atoms with Gasteiger partial charge in [0.2, 0.25) is 11.8 Å². The highest BCUT2D eigenvalue weighted by atomic mass is 16.2. The molecule has 6 nitrogen and oxygen atoms in total. The van der Waals surface area contributed by atoms with Crippen LogP contribution in [0.15, 0.2) is 0 Å². The summed E-state index contributed by atoms with van der Waals surface area (Å²) >= 11 is 0. The van der Waals surface area contributed by atoms with E-state index in [2.05, 4.69) is 10.2 Å². The molecule has 20 heavy (non-hydrogen) atoms. The average molecular weight is 282 g/mol. The number of nitrogens with zero attached hydrogens (tertiary/aromatic N) is 3. The molecule has 0 radical (unpaired) electrons. The first-order valence-electron chi connectivity index (χ1n) is 7.42. The van der Waals surface area contributed by atoms with Crippen molar-refractivity contribution in [3.8, 4) is 0 Å².